The summed E-state index contributed by atoms with van der Waals surface area (Å²) in [4.78, 5) is 0. The Kier molecular flexibility index (Phi) is 5.64. The van der Waals surface area contributed by atoms with Crippen LogP contribution in [0.3, 0.4) is 0 Å². The Morgan fingerprint density at radius 1 is 1.40 bits per heavy atom. The Labute approximate surface area is 108 Å². The van der Waals surface area contributed by atoms with Gasteiger partial charge in [-0.2, -0.15) is 0 Å². The standard InChI is InChI=1S/C11H15Br2NO/c1-8(7-15-2)6-14-11-5-9(12)3-4-10(11)13/h3-5,8,14H,6-7H2,1-2H3. The Bertz CT molecular complexity index is 317. The summed E-state index contributed by atoms with van der Waals surface area (Å²) in [6.07, 6.45) is 0. The largest absolute Gasteiger partial charge is 0.384 e. The van der Waals surface area contributed by atoms with Crippen molar-refractivity contribution < 1.29 is 4.74 Å². The number of halogens is 2. The molecule has 84 valence electrons. The second-order valence-corrected chi connectivity index (χ2v) is 5.34. The van der Waals surface area contributed by atoms with Crippen LogP contribution in [0.4, 0.5) is 5.69 Å². The number of hydrogen-bond acceptors (Lipinski definition) is 2. The van der Waals surface area contributed by atoms with E-state index >= 15 is 0 Å². The minimum absolute atomic E-state index is 0.501. The molecular weight excluding hydrogens is 322 g/mol. The second-order valence-electron chi connectivity index (χ2n) is 3.57. The zero-order chi connectivity index (χ0) is 11.3. The first-order valence-electron chi connectivity index (χ1n) is 4.81. The van der Waals surface area contributed by atoms with Crippen LogP contribution in [0.5, 0.6) is 0 Å². The van der Waals surface area contributed by atoms with Gasteiger partial charge in [0.05, 0.1) is 6.61 Å². The zero-order valence-corrected chi connectivity index (χ0v) is 12.1. The first-order chi connectivity index (χ1) is 7.13. The van der Waals surface area contributed by atoms with Gasteiger partial charge in [0.1, 0.15) is 0 Å². The highest BCUT2D eigenvalue weighted by Gasteiger charge is 2.03. The van der Waals surface area contributed by atoms with E-state index in [1.54, 1.807) is 7.11 Å². The van der Waals surface area contributed by atoms with Crippen molar-refractivity contribution in [2.45, 2.75) is 6.92 Å². The van der Waals surface area contributed by atoms with Gasteiger partial charge in [-0.3, -0.25) is 0 Å². The summed E-state index contributed by atoms with van der Waals surface area (Å²) in [5, 5.41) is 3.38. The van der Waals surface area contributed by atoms with Gasteiger partial charge in [0, 0.05) is 28.3 Å². The molecule has 0 aliphatic heterocycles. The highest BCUT2D eigenvalue weighted by Crippen LogP contribution is 2.26. The molecule has 1 aromatic rings. The molecule has 0 saturated heterocycles. The summed E-state index contributed by atoms with van der Waals surface area (Å²) in [6.45, 7) is 3.84. The van der Waals surface area contributed by atoms with Crippen LogP contribution in [-0.2, 0) is 4.74 Å². The number of methoxy groups -OCH3 is 1. The lowest BCUT2D eigenvalue weighted by Gasteiger charge is -2.13. The number of benzene rings is 1. The van der Waals surface area contributed by atoms with Crippen molar-refractivity contribution in [1.29, 1.82) is 0 Å². The predicted molar refractivity (Wildman–Crippen MR) is 71.4 cm³/mol. The first kappa shape index (κ1) is 13.0. The van der Waals surface area contributed by atoms with Crippen molar-refractivity contribution in [3.05, 3.63) is 27.1 Å². The average molecular weight is 337 g/mol. The van der Waals surface area contributed by atoms with E-state index in [2.05, 4.69) is 50.2 Å². The van der Waals surface area contributed by atoms with E-state index in [0.717, 1.165) is 27.8 Å². The fourth-order valence-corrected chi connectivity index (χ4v) is 2.01. The SMILES string of the molecule is COCC(C)CNc1cc(Br)ccc1Br. The molecule has 0 spiro atoms. The Hall–Kier alpha value is -0.0600. The number of hydrogen-bond donors (Lipinski definition) is 1. The van der Waals surface area contributed by atoms with Gasteiger partial charge in [0.25, 0.3) is 0 Å². The van der Waals surface area contributed by atoms with Gasteiger partial charge >= 0.3 is 0 Å². The molecule has 0 aliphatic carbocycles. The van der Waals surface area contributed by atoms with E-state index in [9.17, 15) is 0 Å². The summed E-state index contributed by atoms with van der Waals surface area (Å²) in [6, 6.07) is 6.09. The van der Waals surface area contributed by atoms with E-state index < -0.39 is 0 Å². The van der Waals surface area contributed by atoms with Gasteiger partial charge in [0.2, 0.25) is 0 Å². The van der Waals surface area contributed by atoms with Crippen LogP contribution in [0.1, 0.15) is 6.92 Å². The molecule has 0 saturated carbocycles. The lowest BCUT2D eigenvalue weighted by atomic mass is 10.2. The summed E-state index contributed by atoms with van der Waals surface area (Å²) in [5.41, 5.74) is 1.10. The number of ether oxygens (including phenoxy) is 1. The van der Waals surface area contributed by atoms with Crippen LogP contribution in [0.25, 0.3) is 0 Å². The highest BCUT2D eigenvalue weighted by atomic mass is 79.9. The Morgan fingerprint density at radius 2 is 2.13 bits per heavy atom. The first-order valence-corrected chi connectivity index (χ1v) is 6.40. The fraction of sp³-hybridized carbons (Fsp3) is 0.455. The molecule has 0 heterocycles. The molecule has 1 aromatic carbocycles. The molecule has 0 amide bonds. The number of anilines is 1. The molecule has 1 unspecified atom stereocenters. The molecule has 0 fully saturated rings. The van der Waals surface area contributed by atoms with Crippen molar-refractivity contribution >= 4 is 37.5 Å². The van der Waals surface area contributed by atoms with Crippen molar-refractivity contribution in [1.82, 2.24) is 0 Å². The Morgan fingerprint density at radius 3 is 2.80 bits per heavy atom. The maximum Gasteiger partial charge on any atom is 0.0504 e. The van der Waals surface area contributed by atoms with Crippen LogP contribution < -0.4 is 5.32 Å². The maximum absolute atomic E-state index is 5.09. The van der Waals surface area contributed by atoms with Gasteiger partial charge < -0.3 is 10.1 Å². The van der Waals surface area contributed by atoms with Gasteiger partial charge in [-0.1, -0.05) is 22.9 Å². The lowest BCUT2D eigenvalue weighted by molar-refractivity contribution is 0.164. The molecule has 1 N–H and O–H groups in total. The molecule has 1 atom stereocenters. The van der Waals surface area contributed by atoms with Gasteiger partial charge in [-0.25, -0.2) is 0 Å². The van der Waals surface area contributed by atoms with E-state index in [0.29, 0.717) is 5.92 Å². The van der Waals surface area contributed by atoms with Crippen molar-refractivity contribution in [3.8, 4) is 0 Å². The van der Waals surface area contributed by atoms with Crippen LogP contribution in [0.2, 0.25) is 0 Å². The molecule has 0 radical (unpaired) electrons. The van der Waals surface area contributed by atoms with Crippen LogP contribution in [0, 0.1) is 5.92 Å². The highest BCUT2D eigenvalue weighted by molar-refractivity contribution is 9.11. The molecule has 0 aromatic heterocycles. The van der Waals surface area contributed by atoms with Crippen LogP contribution in [0.15, 0.2) is 27.1 Å². The topological polar surface area (TPSA) is 21.3 Å². The number of nitrogens with one attached hydrogen (secondary N) is 1. The second kappa shape index (κ2) is 6.51. The normalized spacial score (nSPS) is 12.5. The summed E-state index contributed by atoms with van der Waals surface area (Å²) >= 11 is 6.95. The summed E-state index contributed by atoms with van der Waals surface area (Å²) in [5.74, 6) is 0.501. The third-order valence-corrected chi connectivity index (χ3v) is 3.21. The smallest absolute Gasteiger partial charge is 0.0504 e. The predicted octanol–water partition coefficient (Wildman–Crippen LogP) is 3.91. The van der Waals surface area contributed by atoms with Gasteiger partial charge in [-0.05, 0) is 40.0 Å². The molecule has 0 bridgehead atoms. The molecule has 4 heteroatoms. The molecule has 2 nitrogen and oxygen atoms in total. The third kappa shape index (κ3) is 4.53. The summed E-state index contributed by atoms with van der Waals surface area (Å²) in [7, 11) is 1.73. The Balaban J connectivity index is 2.53. The van der Waals surface area contributed by atoms with Gasteiger partial charge in [0.15, 0.2) is 0 Å². The van der Waals surface area contributed by atoms with Crippen molar-refractivity contribution in [2.75, 3.05) is 25.6 Å². The fourth-order valence-electron chi connectivity index (χ4n) is 1.26. The van der Waals surface area contributed by atoms with E-state index in [4.69, 9.17) is 4.74 Å². The third-order valence-electron chi connectivity index (χ3n) is 2.02. The van der Waals surface area contributed by atoms with Crippen molar-refractivity contribution in [3.63, 3.8) is 0 Å². The maximum atomic E-state index is 5.09. The number of rotatable bonds is 5. The van der Waals surface area contributed by atoms with Crippen molar-refractivity contribution in [2.24, 2.45) is 5.92 Å². The zero-order valence-electron chi connectivity index (χ0n) is 8.89. The quantitative estimate of drug-likeness (QED) is 0.880. The monoisotopic (exact) mass is 335 g/mol. The summed E-state index contributed by atoms with van der Waals surface area (Å²) < 4.78 is 7.24. The average Bonchev–Trinajstić information content (AvgIpc) is 2.20. The molecular formula is C11H15Br2NO. The lowest BCUT2D eigenvalue weighted by Crippen LogP contribution is -2.15. The van der Waals surface area contributed by atoms with E-state index in [-0.39, 0.29) is 0 Å². The van der Waals surface area contributed by atoms with E-state index in [1.165, 1.54) is 0 Å². The molecule has 15 heavy (non-hydrogen) atoms. The minimum Gasteiger partial charge on any atom is -0.384 e. The van der Waals surface area contributed by atoms with E-state index in [1.807, 2.05) is 12.1 Å². The van der Waals surface area contributed by atoms with Crippen LogP contribution >= 0.6 is 31.9 Å². The molecule has 1 rings (SSSR count). The van der Waals surface area contributed by atoms with Crippen LogP contribution in [-0.4, -0.2) is 20.3 Å². The minimum atomic E-state index is 0.501. The van der Waals surface area contributed by atoms with Gasteiger partial charge in [-0.15, -0.1) is 0 Å². The molecule has 0 aliphatic rings.